The van der Waals surface area contributed by atoms with Gasteiger partial charge in [-0.25, -0.2) is 0 Å². The molecular formula is C15H18O2S. The summed E-state index contributed by atoms with van der Waals surface area (Å²) in [6.07, 6.45) is -0.548. The smallest absolute Gasteiger partial charge is 0.124 e. The van der Waals surface area contributed by atoms with E-state index in [2.05, 4.69) is 0 Å². The first-order chi connectivity index (χ1) is 8.54. The van der Waals surface area contributed by atoms with Gasteiger partial charge in [-0.3, -0.25) is 0 Å². The van der Waals surface area contributed by atoms with Gasteiger partial charge in [-0.15, -0.1) is 11.3 Å². The highest BCUT2D eigenvalue weighted by atomic mass is 32.1. The molecule has 2 rings (SSSR count). The number of ether oxygens (including phenoxy) is 1. The van der Waals surface area contributed by atoms with Gasteiger partial charge in [0.2, 0.25) is 0 Å². The van der Waals surface area contributed by atoms with Crippen LogP contribution in [0.2, 0.25) is 0 Å². The van der Waals surface area contributed by atoms with Crippen molar-refractivity contribution in [2.75, 3.05) is 7.11 Å². The number of hydrogen-bond donors (Lipinski definition) is 1. The molecule has 0 amide bonds. The average molecular weight is 262 g/mol. The molecular weight excluding hydrogens is 244 g/mol. The van der Waals surface area contributed by atoms with Gasteiger partial charge in [0.1, 0.15) is 11.9 Å². The number of methoxy groups -OCH3 is 1. The van der Waals surface area contributed by atoms with E-state index in [1.54, 1.807) is 18.4 Å². The predicted octanol–water partition coefficient (Wildman–Crippen LogP) is 3.76. The van der Waals surface area contributed by atoms with E-state index in [0.29, 0.717) is 0 Å². The highest BCUT2D eigenvalue weighted by molar-refractivity contribution is 7.10. The lowest BCUT2D eigenvalue weighted by Gasteiger charge is -2.15. The van der Waals surface area contributed by atoms with E-state index in [9.17, 15) is 5.11 Å². The van der Waals surface area contributed by atoms with Crippen molar-refractivity contribution in [3.63, 3.8) is 0 Å². The Morgan fingerprint density at radius 3 is 2.17 bits per heavy atom. The number of aryl methyl sites for hydroxylation is 3. The minimum Gasteiger partial charge on any atom is -0.496 e. The van der Waals surface area contributed by atoms with E-state index in [1.807, 2.05) is 44.4 Å². The molecule has 0 spiro atoms. The topological polar surface area (TPSA) is 29.5 Å². The summed E-state index contributed by atoms with van der Waals surface area (Å²) in [6, 6.07) is 6.03. The highest BCUT2D eigenvalue weighted by Gasteiger charge is 2.16. The van der Waals surface area contributed by atoms with Gasteiger partial charge in [0.25, 0.3) is 0 Å². The van der Waals surface area contributed by atoms with Crippen LogP contribution in [0.15, 0.2) is 23.6 Å². The van der Waals surface area contributed by atoms with Crippen LogP contribution in [0, 0.1) is 20.8 Å². The monoisotopic (exact) mass is 262 g/mol. The van der Waals surface area contributed by atoms with Gasteiger partial charge >= 0.3 is 0 Å². The fourth-order valence-electron chi connectivity index (χ4n) is 2.28. The Kier molecular flexibility index (Phi) is 3.73. The maximum absolute atomic E-state index is 10.4. The zero-order valence-corrected chi connectivity index (χ0v) is 12.0. The lowest BCUT2D eigenvalue weighted by Crippen LogP contribution is -2.01. The third-order valence-electron chi connectivity index (χ3n) is 3.15. The molecule has 0 saturated heterocycles. The zero-order chi connectivity index (χ0) is 13.3. The van der Waals surface area contributed by atoms with Gasteiger partial charge in [0, 0.05) is 4.88 Å². The van der Waals surface area contributed by atoms with E-state index >= 15 is 0 Å². The van der Waals surface area contributed by atoms with Crippen molar-refractivity contribution in [3.05, 3.63) is 50.7 Å². The number of thiophene rings is 1. The van der Waals surface area contributed by atoms with Crippen molar-refractivity contribution >= 4 is 11.3 Å². The van der Waals surface area contributed by atoms with E-state index < -0.39 is 6.10 Å². The maximum Gasteiger partial charge on any atom is 0.124 e. The zero-order valence-electron chi connectivity index (χ0n) is 11.2. The van der Waals surface area contributed by atoms with Crippen LogP contribution >= 0.6 is 11.3 Å². The van der Waals surface area contributed by atoms with E-state index in [4.69, 9.17) is 4.74 Å². The van der Waals surface area contributed by atoms with Crippen molar-refractivity contribution in [1.29, 1.82) is 0 Å². The van der Waals surface area contributed by atoms with Crippen molar-refractivity contribution in [2.24, 2.45) is 0 Å². The van der Waals surface area contributed by atoms with Gasteiger partial charge in [0.15, 0.2) is 0 Å². The molecule has 18 heavy (non-hydrogen) atoms. The molecule has 1 N–H and O–H groups in total. The summed E-state index contributed by atoms with van der Waals surface area (Å²) in [5.74, 6) is 0.897. The molecule has 0 radical (unpaired) electrons. The number of benzene rings is 1. The van der Waals surface area contributed by atoms with Crippen LogP contribution in [-0.2, 0) is 0 Å². The molecule has 0 saturated carbocycles. The first kappa shape index (κ1) is 13.1. The predicted molar refractivity (Wildman–Crippen MR) is 75.6 cm³/mol. The van der Waals surface area contributed by atoms with Crippen molar-refractivity contribution in [3.8, 4) is 5.75 Å². The third kappa shape index (κ3) is 2.28. The normalized spacial score (nSPS) is 12.5. The Hall–Kier alpha value is -1.32. The van der Waals surface area contributed by atoms with Gasteiger partial charge in [0.05, 0.1) is 7.11 Å². The fourth-order valence-corrected chi connectivity index (χ4v) is 3.22. The molecule has 1 aromatic carbocycles. The summed E-state index contributed by atoms with van der Waals surface area (Å²) in [5.41, 5.74) is 4.18. The molecule has 3 heteroatoms. The van der Waals surface area contributed by atoms with Crippen molar-refractivity contribution in [1.82, 2.24) is 0 Å². The number of rotatable bonds is 3. The number of hydrogen-bond acceptors (Lipinski definition) is 3. The van der Waals surface area contributed by atoms with Crippen LogP contribution in [0.1, 0.15) is 33.2 Å². The first-order valence-corrected chi connectivity index (χ1v) is 6.79. The molecule has 2 nitrogen and oxygen atoms in total. The molecule has 96 valence electrons. The van der Waals surface area contributed by atoms with Crippen LogP contribution in [0.5, 0.6) is 5.75 Å². The molecule has 1 heterocycles. The van der Waals surface area contributed by atoms with Gasteiger partial charge in [-0.05, 0) is 66.6 Å². The van der Waals surface area contributed by atoms with Gasteiger partial charge < -0.3 is 9.84 Å². The molecule has 0 bridgehead atoms. The average Bonchev–Trinajstić information content (AvgIpc) is 2.74. The van der Waals surface area contributed by atoms with Crippen LogP contribution in [0.3, 0.4) is 0 Å². The maximum atomic E-state index is 10.4. The van der Waals surface area contributed by atoms with Crippen LogP contribution in [0.4, 0.5) is 0 Å². The summed E-state index contributed by atoms with van der Waals surface area (Å²) in [5, 5.41) is 12.5. The minimum atomic E-state index is -0.548. The first-order valence-electron chi connectivity index (χ1n) is 5.91. The molecule has 0 aliphatic heterocycles. The van der Waals surface area contributed by atoms with E-state index in [1.165, 1.54) is 0 Å². The number of aliphatic hydroxyl groups is 1. The molecule has 0 aliphatic carbocycles. The van der Waals surface area contributed by atoms with Gasteiger partial charge in [-0.1, -0.05) is 0 Å². The summed E-state index contributed by atoms with van der Waals surface area (Å²) in [4.78, 5) is 1.01. The number of aliphatic hydroxyl groups excluding tert-OH is 1. The second-order valence-electron chi connectivity index (χ2n) is 4.56. The van der Waals surface area contributed by atoms with Crippen molar-refractivity contribution in [2.45, 2.75) is 26.9 Å². The standard InChI is InChI=1S/C15H18O2S/c1-9-5-6-18-15(9)13(16)12-7-10(2)14(17-4)11(3)8-12/h5-8,13,16H,1-4H3. The van der Waals surface area contributed by atoms with E-state index in [-0.39, 0.29) is 0 Å². The third-order valence-corrected chi connectivity index (χ3v) is 4.22. The molecule has 0 aliphatic rings. The quantitative estimate of drug-likeness (QED) is 0.912. The van der Waals surface area contributed by atoms with Crippen molar-refractivity contribution < 1.29 is 9.84 Å². The van der Waals surface area contributed by atoms with E-state index in [0.717, 1.165) is 32.9 Å². The van der Waals surface area contributed by atoms with Crippen LogP contribution < -0.4 is 4.74 Å². The second-order valence-corrected chi connectivity index (χ2v) is 5.51. The minimum absolute atomic E-state index is 0.548. The Balaban J connectivity index is 2.43. The molecule has 1 unspecified atom stereocenters. The highest BCUT2D eigenvalue weighted by Crippen LogP contribution is 2.33. The van der Waals surface area contributed by atoms with Crippen LogP contribution in [0.25, 0.3) is 0 Å². The molecule has 2 aromatic rings. The largest absolute Gasteiger partial charge is 0.496 e. The molecule has 1 aromatic heterocycles. The Bertz CT molecular complexity index is 534. The Labute approximate surface area is 112 Å². The molecule has 0 fully saturated rings. The van der Waals surface area contributed by atoms with Crippen LogP contribution in [-0.4, -0.2) is 12.2 Å². The van der Waals surface area contributed by atoms with Gasteiger partial charge in [-0.2, -0.15) is 0 Å². The Morgan fingerprint density at radius 1 is 1.11 bits per heavy atom. The second kappa shape index (κ2) is 5.12. The fraction of sp³-hybridized carbons (Fsp3) is 0.333. The summed E-state index contributed by atoms with van der Waals surface area (Å²) >= 11 is 1.59. The summed E-state index contributed by atoms with van der Waals surface area (Å²) in [6.45, 7) is 6.03. The SMILES string of the molecule is COc1c(C)cc(C(O)c2sccc2C)cc1C. The summed E-state index contributed by atoms with van der Waals surface area (Å²) in [7, 11) is 1.68. The summed E-state index contributed by atoms with van der Waals surface area (Å²) < 4.78 is 5.35. The molecule has 1 atom stereocenters. The Morgan fingerprint density at radius 2 is 1.72 bits per heavy atom. The lowest BCUT2D eigenvalue weighted by atomic mass is 10.00. The lowest BCUT2D eigenvalue weighted by molar-refractivity contribution is 0.223.